The first kappa shape index (κ1) is 13.1. The summed E-state index contributed by atoms with van der Waals surface area (Å²) in [6.07, 6.45) is 3.46. The van der Waals surface area contributed by atoms with Gasteiger partial charge in [0, 0.05) is 6.04 Å². The highest BCUT2D eigenvalue weighted by Gasteiger charge is 2.25. The number of rotatable bonds is 6. The summed E-state index contributed by atoms with van der Waals surface area (Å²) in [6, 6.07) is 7.63. The van der Waals surface area contributed by atoms with Gasteiger partial charge in [0.05, 0.1) is 0 Å². The summed E-state index contributed by atoms with van der Waals surface area (Å²) >= 11 is 0. The van der Waals surface area contributed by atoms with Gasteiger partial charge in [-0.3, -0.25) is 10.1 Å². The molecule has 3 heteroatoms. The third kappa shape index (κ3) is 3.10. The molecule has 0 saturated heterocycles. The van der Waals surface area contributed by atoms with E-state index in [1.807, 2.05) is 26.0 Å². The molecule has 1 aromatic rings. The van der Waals surface area contributed by atoms with E-state index in [1.165, 1.54) is 18.4 Å². The summed E-state index contributed by atoms with van der Waals surface area (Å²) in [6.45, 7) is 4.06. The molecular formula is C15H21NO2. The first-order valence-electron chi connectivity index (χ1n) is 6.70. The lowest BCUT2D eigenvalue weighted by Crippen LogP contribution is -2.34. The zero-order chi connectivity index (χ0) is 13.1. The molecule has 1 fully saturated rings. The Morgan fingerprint density at radius 2 is 2.00 bits per heavy atom. The molecule has 1 saturated carbocycles. The van der Waals surface area contributed by atoms with Crippen molar-refractivity contribution in [1.29, 1.82) is 0 Å². The van der Waals surface area contributed by atoms with Crippen LogP contribution < -0.4 is 5.32 Å². The highest BCUT2D eigenvalue weighted by atomic mass is 16.4. The van der Waals surface area contributed by atoms with Crippen molar-refractivity contribution in [3.63, 3.8) is 0 Å². The quantitative estimate of drug-likeness (QED) is 0.812. The van der Waals surface area contributed by atoms with Crippen molar-refractivity contribution in [2.75, 3.05) is 0 Å². The number of carboxylic acids is 1. The molecule has 0 spiro atoms. The topological polar surface area (TPSA) is 49.3 Å². The Morgan fingerprint density at radius 3 is 2.44 bits per heavy atom. The van der Waals surface area contributed by atoms with E-state index in [9.17, 15) is 9.90 Å². The van der Waals surface area contributed by atoms with Crippen LogP contribution in [-0.4, -0.2) is 17.1 Å². The molecule has 2 unspecified atom stereocenters. The van der Waals surface area contributed by atoms with E-state index >= 15 is 0 Å². The van der Waals surface area contributed by atoms with Gasteiger partial charge in [-0.05, 0) is 43.2 Å². The molecule has 2 N–H and O–H groups in total. The average molecular weight is 247 g/mol. The third-order valence-corrected chi connectivity index (χ3v) is 3.63. The molecule has 0 aliphatic heterocycles. The summed E-state index contributed by atoms with van der Waals surface area (Å²) in [5.41, 5.74) is 2.18. The zero-order valence-electron chi connectivity index (χ0n) is 11.0. The molecular weight excluding hydrogens is 226 g/mol. The Morgan fingerprint density at radius 1 is 1.39 bits per heavy atom. The van der Waals surface area contributed by atoms with Gasteiger partial charge in [-0.25, -0.2) is 0 Å². The van der Waals surface area contributed by atoms with Crippen molar-refractivity contribution in [1.82, 2.24) is 5.32 Å². The summed E-state index contributed by atoms with van der Waals surface area (Å²) in [7, 11) is 0. The van der Waals surface area contributed by atoms with Gasteiger partial charge in [0.15, 0.2) is 0 Å². The molecule has 3 nitrogen and oxygen atoms in total. The number of hydrogen-bond acceptors (Lipinski definition) is 2. The third-order valence-electron chi connectivity index (χ3n) is 3.63. The van der Waals surface area contributed by atoms with Crippen LogP contribution in [0.2, 0.25) is 0 Å². The van der Waals surface area contributed by atoms with E-state index < -0.39 is 12.0 Å². The van der Waals surface area contributed by atoms with Gasteiger partial charge in [-0.2, -0.15) is 0 Å². The number of carboxylic acid groups (broad SMARTS) is 1. The predicted molar refractivity (Wildman–Crippen MR) is 71.7 cm³/mol. The van der Waals surface area contributed by atoms with Gasteiger partial charge in [0.1, 0.15) is 6.04 Å². The molecule has 1 aliphatic rings. The fraction of sp³-hybridized carbons (Fsp3) is 0.533. The van der Waals surface area contributed by atoms with Crippen molar-refractivity contribution in [3.8, 4) is 0 Å². The SMILES string of the molecule is CCC(C)NC(C(=O)O)c1ccc(C2CC2)cc1. The number of aliphatic carboxylic acids is 1. The maximum atomic E-state index is 11.3. The van der Waals surface area contributed by atoms with Gasteiger partial charge in [-0.1, -0.05) is 31.2 Å². The first-order chi connectivity index (χ1) is 8.61. The normalized spacial score (nSPS) is 18.3. The molecule has 18 heavy (non-hydrogen) atoms. The summed E-state index contributed by atoms with van der Waals surface area (Å²) in [5, 5.41) is 12.4. The van der Waals surface area contributed by atoms with Gasteiger partial charge in [0.2, 0.25) is 0 Å². The summed E-state index contributed by atoms with van der Waals surface area (Å²) < 4.78 is 0. The van der Waals surface area contributed by atoms with E-state index in [-0.39, 0.29) is 6.04 Å². The van der Waals surface area contributed by atoms with Crippen LogP contribution in [-0.2, 0) is 4.79 Å². The van der Waals surface area contributed by atoms with Gasteiger partial charge >= 0.3 is 5.97 Å². The summed E-state index contributed by atoms with van der Waals surface area (Å²) in [5.74, 6) is -0.0978. The molecule has 0 amide bonds. The highest BCUT2D eigenvalue weighted by molar-refractivity contribution is 5.75. The Labute approximate surface area is 108 Å². The van der Waals surface area contributed by atoms with Crippen molar-refractivity contribution in [2.45, 2.75) is 51.1 Å². The number of carbonyl (C=O) groups is 1. The van der Waals surface area contributed by atoms with Crippen LogP contribution in [0.4, 0.5) is 0 Å². The Bertz CT molecular complexity index is 409. The molecule has 0 heterocycles. The standard InChI is InChI=1S/C15H21NO2/c1-3-10(2)16-14(15(17)18)13-8-6-12(7-9-13)11-4-5-11/h6-11,14,16H,3-5H2,1-2H3,(H,17,18). The maximum absolute atomic E-state index is 11.3. The van der Waals surface area contributed by atoms with Crippen LogP contribution in [0.25, 0.3) is 0 Å². The van der Waals surface area contributed by atoms with Crippen LogP contribution in [0.5, 0.6) is 0 Å². The lowest BCUT2D eigenvalue weighted by molar-refractivity contribution is -0.139. The van der Waals surface area contributed by atoms with E-state index in [4.69, 9.17) is 0 Å². The zero-order valence-corrected chi connectivity index (χ0v) is 11.0. The number of benzene rings is 1. The second-order valence-corrected chi connectivity index (χ2v) is 5.19. The van der Waals surface area contributed by atoms with Crippen LogP contribution in [0.15, 0.2) is 24.3 Å². The van der Waals surface area contributed by atoms with Crippen molar-refractivity contribution < 1.29 is 9.90 Å². The van der Waals surface area contributed by atoms with E-state index in [0.29, 0.717) is 5.92 Å². The van der Waals surface area contributed by atoms with Crippen molar-refractivity contribution >= 4 is 5.97 Å². The highest BCUT2D eigenvalue weighted by Crippen LogP contribution is 2.40. The average Bonchev–Trinajstić information content (AvgIpc) is 3.20. The number of hydrogen-bond donors (Lipinski definition) is 2. The fourth-order valence-electron chi connectivity index (χ4n) is 2.09. The van der Waals surface area contributed by atoms with E-state index in [1.54, 1.807) is 0 Å². The first-order valence-corrected chi connectivity index (χ1v) is 6.70. The predicted octanol–water partition coefficient (Wildman–Crippen LogP) is 3.08. The molecule has 2 rings (SSSR count). The smallest absolute Gasteiger partial charge is 0.325 e. The molecule has 98 valence electrons. The minimum Gasteiger partial charge on any atom is -0.480 e. The van der Waals surface area contributed by atoms with Crippen molar-refractivity contribution in [2.24, 2.45) is 0 Å². The van der Waals surface area contributed by atoms with Gasteiger partial charge in [-0.15, -0.1) is 0 Å². The van der Waals surface area contributed by atoms with Crippen LogP contribution in [0.1, 0.15) is 56.2 Å². The Kier molecular flexibility index (Phi) is 4.02. The Balaban J connectivity index is 2.11. The fourth-order valence-corrected chi connectivity index (χ4v) is 2.09. The minimum absolute atomic E-state index is 0.203. The number of nitrogens with one attached hydrogen (secondary N) is 1. The van der Waals surface area contributed by atoms with E-state index in [0.717, 1.165) is 12.0 Å². The second kappa shape index (κ2) is 5.53. The molecule has 2 atom stereocenters. The van der Waals surface area contributed by atoms with Gasteiger partial charge < -0.3 is 5.11 Å². The lowest BCUT2D eigenvalue weighted by atomic mass is 10.0. The Hall–Kier alpha value is -1.35. The summed E-state index contributed by atoms with van der Waals surface area (Å²) in [4.78, 5) is 11.3. The molecule has 1 aromatic carbocycles. The second-order valence-electron chi connectivity index (χ2n) is 5.19. The molecule has 0 radical (unpaired) electrons. The van der Waals surface area contributed by atoms with E-state index in [2.05, 4.69) is 17.4 Å². The van der Waals surface area contributed by atoms with Crippen LogP contribution in [0.3, 0.4) is 0 Å². The lowest BCUT2D eigenvalue weighted by Gasteiger charge is -2.19. The van der Waals surface area contributed by atoms with Crippen molar-refractivity contribution in [3.05, 3.63) is 35.4 Å². The van der Waals surface area contributed by atoms with Gasteiger partial charge in [0.25, 0.3) is 0 Å². The molecule has 1 aliphatic carbocycles. The van der Waals surface area contributed by atoms with Crippen LogP contribution >= 0.6 is 0 Å². The maximum Gasteiger partial charge on any atom is 0.325 e. The monoisotopic (exact) mass is 247 g/mol. The molecule has 0 aromatic heterocycles. The van der Waals surface area contributed by atoms with Crippen LogP contribution in [0, 0.1) is 0 Å². The largest absolute Gasteiger partial charge is 0.480 e. The molecule has 0 bridgehead atoms. The minimum atomic E-state index is -0.811.